The highest BCUT2D eigenvalue weighted by atomic mass is 32.2. The summed E-state index contributed by atoms with van der Waals surface area (Å²) in [5.74, 6) is 0.0626. The number of ketones is 1. The van der Waals surface area contributed by atoms with Gasteiger partial charge in [0, 0.05) is 12.0 Å². The molecule has 10 heteroatoms. The van der Waals surface area contributed by atoms with Crippen LogP contribution in [0.1, 0.15) is 35.7 Å². The molecule has 172 valence electrons. The molecule has 33 heavy (non-hydrogen) atoms. The largest absolute Gasteiger partial charge is 0.489 e. The predicted molar refractivity (Wildman–Crippen MR) is 127 cm³/mol. The van der Waals surface area contributed by atoms with Crippen molar-refractivity contribution >= 4 is 45.9 Å². The first-order valence-corrected chi connectivity index (χ1v) is 12.1. The van der Waals surface area contributed by atoms with E-state index in [1.165, 1.54) is 23.1 Å². The molecule has 1 amide bonds. The first-order chi connectivity index (χ1) is 16.0. The van der Waals surface area contributed by atoms with Gasteiger partial charge in [-0.3, -0.25) is 14.4 Å². The second-order valence-corrected chi connectivity index (χ2v) is 8.94. The number of anilines is 1. The number of carbonyl (C=O) groups excluding carboxylic acids is 3. The Morgan fingerprint density at radius 1 is 1.00 bits per heavy atom. The van der Waals surface area contributed by atoms with E-state index in [1.54, 1.807) is 31.2 Å². The van der Waals surface area contributed by atoms with Crippen LogP contribution in [0.3, 0.4) is 0 Å². The summed E-state index contributed by atoms with van der Waals surface area (Å²) in [6.07, 6.45) is 0.00903. The third kappa shape index (κ3) is 8.32. The van der Waals surface area contributed by atoms with Crippen LogP contribution >= 0.6 is 23.1 Å². The number of benzene rings is 2. The lowest BCUT2D eigenvalue weighted by molar-refractivity contribution is -0.144. The van der Waals surface area contributed by atoms with Crippen LogP contribution in [-0.4, -0.2) is 40.2 Å². The Morgan fingerprint density at radius 3 is 2.48 bits per heavy atom. The van der Waals surface area contributed by atoms with E-state index in [0.717, 1.165) is 5.56 Å². The molecule has 3 aromatic rings. The minimum absolute atomic E-state index is 0.00440. The quantitative estimate of drug-likeness (QED) is 0.174. The highest BCUT2D eigenvalue weighted by Gasteiger charge is 2.13. The first kappa shape index (κ1) is 24.4. The van der Waals surface area contributed by atoms with E-state index in [1.807, 2.05) is 30.3 Å². The van der Waals surface area contributed by atoms with Gasteiger partial charge in [-0.2, -0.15) is 0 Å². The molecule has 0 radical (unpaired) electrons. The molecular formula is C23H23N3O5S2. The van der Waals surface area contributed by atoms with Crippen LogP contribution in [-0.2, 0) is 20.9 Å². The van der Waals surface area contributed by atoms with E-state index in [2.05, 4.69) is 15.5 Å². The van der Waals surface area contributed by atoms with Crippen LogP contribution in [0, 0.1) is 0 Å². The minimum atomic E-state index is -0.421. The number of amides is 1. The Balaban J connectivity index is 1.42. The van der Waals surface area contributed by atoms with E-state index in [0.29, 0.717) is 27.4 Å². The third-order valence-corrected chi connectivity index (χ3v) is 6.24. The number of ether oxygens (including phenoxy) is 2. The Kier molecular flexibility index (Phi) is 9.40. The number of carbonyl (C=O) groups is 3. The van der Waals surface area contributed by atoms with Crippen molar-refractivity contribution in [3.8, 4) is 5.75 Å². The van der Waals surface area contributed by atoms with Gasteiger partial charge in [-0.25, -0.2) is 0 Å². The normalized spacial score (nSPS) is 10.5. The number of aromatic nitrogens is 2. The molecule has 0 aliphatic heterocycles. The average Bonchev–Trinajstić information content (AvgIpc) is 3.28. The van der Waals surface area contributed by atoms with Crippen LogP contribution in [0.25, 0.3) is 0 Å². The van der Waals surface area contributed by atoms with Crippen LogP contribution in [0.2, 0.25) is 0 Å². The van der Waals surface area contributed by atoms with Gasteiger partial charge >= 0.3 is 5.97 Å². The monoisotopic (exact) mass is 485 g/mol. The highest BCUT2D eigenvalue weighted by molar-refractivity contribution is 8.01. The fourth-order valence-corrected chi connectivity index (χ4v) is 4.30. The van der Waals surface area contributed by atoms with Gasteiger partial charge in [-0.15, -0.1) is 10.2 Å². The maximum absolute atomic E-state index is 12.5. The summed E-state index contributed by atoms with van der Waals surface area (Å²) in [5, 5.41) is 10.8. The van der Waals surface area contributed by atoms with Gasteiger partial charge in [-0.1, -0.05) is 53.4 Å². The molecule has 0 spiro atoms. The maximum atomic E-state index is 12.5. The Labute approximate surface area is 199 Å². The molecule has 1 aromatic heterocycles. The summed E-state index contributed by atoms with van der Waals surface area (Å²) in [7, 11) is 0. The van der Waals surface area contributed by atoms with Crippen molar-refractivity contribution in [2.24, 2.45) is 0 Å². The smallest absolute Gasteiger partial charge is 0.306 e. The zero-order valence-electron chi connectivity index (χ0n) is 18.0. The van der Waals surface area contributed by atoms with Gasteiger partial charge < -0.3 is 14.8 Å². The number of rotatable bonds is 12. The van der Waals surface area contributed by atoms with Gasteiger partial charge in [0.15, 0.2) is 10.1 Å². The van der Waals surface area contributed by atoms with Crippen molar-refractivity contribution in [3.05, 3.63) is 65.7 Å². The molecule has 0 bridgehead atoms. The molecule has 0 saturated heterocycles. The summed E-state index contributed by atoms with van der Waals surface area (Å²) in [4.78, 5) is 35.7. The fourth-order valence-electron chi connectivity index (χ4n) is 2.64. The summed E-state index contributed by atoms with van der Waals surface area (Å²) < 4.78 is 11.1. The number of hydrogen-bond donors (Lipinski definition) is 1. The molecule has 0 aliphatic rings. The molecular weight excluding hydrogens is 462 g/mol. The van der Waals surface area contributed by atoms with Gasteiger partial charge in [0.05, 0.1) is 18.8 Å². The van der Waals surface area contributed by atoms with E-state index >= 15 is 0 Å². The number of esters is 1. The second-order valence-electron chi connectivity index (χ2n) is 6.74. The van der Waals surface area contributed by atoms with Crippen molar-refractivity contribution in [1.82, 2.24) is 10.2 Å². The Hall–Kier alpha value is -3.24. The number of Topliss-reactive ketones (excluding diaryl/α,β-unsaturated/α-hetero) is 1. The highest BCUT2D eigenvalue weighted by Crippen LogP contribution is 2.26. The molecule has 2 aromatic carbocycles. The maximum Gasteiger partial charge on any atom is 0.306 e. The lowest BCUT2D eigenvalue weighted by atomic mass is 10.1. The van der Waals surface area contributed by atoms with Gasteiger partial charge in [0.25, 0.3) is 0 Å². The van der Waals surface area contributed by atoms with Crippen molar-refractivity contribution in [2.75, 3.05) is 17.7 Å². The number of nitrogens with one attached hydrogen (secondary N) is 1. The summed E-state index contributed by atoms with van der Waals surface area (Å²) in [6, 6.07) is 16.9. The van der Waals surface area contributed by atoms with E-state index < -0.39 is 5.97 Å². The lowest BCUT2D eigenvalue weighted by Gasteiger charge is -2.07. The van der Waals surface area contributed by atoms with Gasteiger partial charge in [-0.05, 0) is 36.8 Å². The summed E-state index contributed by atoms with van der Waals surface area (Å²) >= 11 is 2.42. The standard InChI is InChI=1S/C23H23N3O5S2/c1-2-30-21(29)13-12-20(28)24-22-25-26-23(33-22)32-15-19(27)17-8-10-18(11-9-17)31-14-16-6-4-3-5-7-16/h3-11H,2,12-15H2,1H3,(H,24,25,28). The lowest BCUT2D eigenvalue weighted by Crippen LogP contribution is -2.14. The molecule has 1 heterocycles. The molecule has 3 rings (SSSR count). The number of thioether (sulfide) groups is 1. The molecule has 1 N–H and O–H groups in total. The molecule has 0 saturated carbocycles. The molecule has 0 aliphatic carbocycles. The topological polar surface area (TPSA) is 107 Å². The molecule has 0 fully saturated rings. The number of nitrogens with zero attached hydrogens (tertiary/aromatic N) is 2. The van der Waals surface area contributed by atoms with Gasteiger partial charge in [0.1, 0.15) is 12.4 Å². The van der Waals surface area contributed by atoms with E-state index in [4.69, 9.17) is 9.47 Å². The number of hydrogen-bond acceptors (Lipinski definition) is 9. The summed E-state index contributed by atoms with van der Waals surface area (Å²) in [5.41, 5.74) is 1.65. The zero-order valence-corrected chi connectivity index (χ0v) is 19.6. The third-order valence-electron chi connectivity index (χ3n) is 4.27. The minimum Gasteiger partial charge on any atom is -0.489 e. The van der Waals surface area contributed by atoms with E-state index in [-0.39, 0.29) is 36.9 Å². The molecule has 0 unspecified atom stereocenters. The van der Waals surface area contributed by atoms with Crippen molar-refractivity contribution in [1.29, 1.82) is 0 Å². The first-order valence-electron chi connectivity index (χ1n) is 10.2. The Morgan fingerprint density at radius 2 is 1.76 bits per heavy atom. The molecule has 8 nitrogen and oxygen atoms in total. The predicted octanol–water partition coefficient (Wildman–Crippen LogP) is 4.37. The van der Waals surface area contributed by atoms with Crippen LogP contribution in [0.4, 0.5) is 5.13 Å². The average molecular weight is 486 g/mol. The summed E-state index contributed by atoms with van der Waals surface area (Å²) in [6.45, 7) is 2.45. The fraction of sp³-hybridized carbons (Fsp3) is 0.261. The second kappa shape index (κ2) is 12.7. The van der Waals surface area contributed by atoms with Crippen LogP contribution in [0.5, 0.6) is 5.75 Å². The van der Waals surface area contributed by atoms with Crippen LogP contribution in [0.15, 0.2) is 58.9 Å². The Bertz CT molecular complexity index is 1070. The van der Waals surface area contributed by atoms with E-state index in [9.17, 15) is 14.4 Å². The van der Waals surface area contributed by atoms with Crippen molar-refractivity contribution in [2.45, 2.75) is 30.7 Å². The van der Waals surface area contributed by atoms with Crippen molar-refractivity contribution in [3.63, 3.8) is 0 Å². The zero-order chi connectivity index (χ0) is 23.5. The van der Waals surface area contributed by atoms with Gasteiger partial charge in [0.2, 0.25) is 11.0 Å². The molecule has 0 atom stereocenters. The SMILES string of the molecule is CCOC(=O)CCC(=O)Nc1nnc(SCC(=O)c2ccc(OCc3ccccc3)cc2)s1. The van der Waals surface area contributed by atoms with Crippen LogP contribution < -0.4 is 10.1 Å². The van der Waals surface area contributed by atoms with Crippen molar-refractivity contribution < 1.29 is 23.9 Å².